The van der Waals surface area contributed by atoms with Crippen molar-refractivity contribution >= 4 is 17.2 Å². The van der Waals surface area contributed by atoms with Crippen molar-refractivity contribution in [2.24, 2.45) is 0 Å². The molecular formula is C20H20N2O4S. The van der Waals surface area contributed by atoms with Gasteiger partial charge in [0.1, 0.15) is 5.75 Å². The average Bonchev–Trinajstić information content (AvgIpc) is 3.16. The number of carbonyl (C=O) groups excluding carboxylic acids is 1. The summed E-state index contributed by atoms with van der Waals surface area (Å²) in [6, 6.07) is 14.1. The number of aromatic hydroxyl groups is 1. The van der Waals surface area contributed by atoms with E-state index in [2.05, 4.69) is 10.3 Å². The van der Waals surface area contributed by atoms with Gasteiger partial charge in [0.2, 0.25) is 0 Å². The van der Waals surface area contributed by atoms with E-state index in [0.29, 0.717) is 24.5 Å². The number of phenolic OH excluding ortho intramolecular Hbond substituents is 1. The summed E-state index contributed by atoms with van der Waals surface area (Å²) in [6.07, 6.45) is 0.642. The Bertz CT molecular complexity index is 893. The quantitative estimate of drug-likeness (QED) is 0.623. The van der Waals surface area contributed by atoms with Gasteiger partial charge in [-0.25, -0.2) is 4.98 Å². The first-order chi connectivity index (χ1) is 13.2. The molecule has 2 aromatic carbocycles. The van der Waals surface area contributed by atoms with E-state index in [1.54, 1.807) is 42.7 Å². The molecule has 0 spiro atoms. The normalized spacial score (nSPS) is 10.4. The maximum atomic E-state index is 11.9. The van der Waals surface area contributed by atoms with Crippen LogP contribution in [-0.2, 0) is 11.2 Å². The number of thiazole rings is 1. The number of nitrogens with zero attached hydrogens (tertiary/aromatic N) is 1. The molecule has 6 nitrogen and oxygen atoms in total. The zero-order chi connectivity index (χ0) is 19.1. The van der Waals surface area contributed by atoms with Gasteiger partial charge in [-0.05, 0) is 36.4 Å². The number of benzene rings is 2. The van der Waals surface area contributed by atoms with Crippen LogP contribution in [0.2, 0.25) is 0 Å². The minimum atomic E-state index is -0.198. The molecule has 0 bridgehead atoms. The smallest absolute Gasteiger partial charge is 0.257 e. The lowest BCUT2D eigenvalue weighted by Crippen LogP contribution is -2.30. The van der Waals surface area contributed by atoms with E-state index in [1.807, 2.05) is 29.6 Å². The highest BCUT2D eigenvalue weighted by Gasteiger charge is 2.08. The fourth-order valence-electron chi connectivity index (χ4n) is 2.43. The molecule has 0 radical (unpaired) electrons. The van der Waals surface area contributed by atoms with Crippen molar-refractivity contribution in [3.8, 4) is 28.5 Å². The van der Waals surface area contributed by atoms with Gasteiger partial charge in [-0.3, -0.25) is 4.79 Å². The van der Waals surface area contributed by atoms with Gasteiger partial charge in [0.25, 0.3) is 5.91 Å². The third-order valence-corrected chi connectivity index (χ3v) is 4.71. The Hall–Kier alpha value is -3.06. The summed E-state index contributed by atoms with van der Waals surface area (Å²) in [5, 5.41) is 15.1. The molecule has 3 rings (SSSR count). The van der Waals surface area contributed by atoms with Crippen molar-refractivity contribution in [2.45, 2.75) is 6.42 Å². The van der Waals surface area contributed by atoms with Crippen LogP contribution in [0.5, 0.6) is 17.2 Å². The lowest BCUT2D eigenvalue weighted by Gasteiger charge is -2.10. The summed E-state index contributed by atoms with van der Waals surface area (Å²) in [7, 11) is 1.56. The molecule has 0 fully saturated rings. The lowest BCUT2D eigenvalue weighted by molar-refractivity contribution is -0.123. The zero-order valence-corrected chi connectivity index (χ0v) is 15.7. The van der Waals surface area contributed by atoms with Gasteiger partial charge in [-0.1, -0.05) is 12.1 Å². The summed E-state index contributed by atoms with van der Waals surface area (Å²) in [5.74, 6) is 1.16. The molecular weight excluding hydrogens is 364 g/mol. The van der Waals surface area contributed by atoms with E-state index in [0.717, 1.165) is 16.3 Å². The third kappa shape index (κ3) is 5.21. The Kier molecular flexibility index (Phi) is 6.27. The molecule has 0 saturated carbocycles. The number of aromatic nitrogens is 1. The molecule has 2 N–H and O–H groups in total. The second-order valence-corrected chi connectivity index (χ2v) is 6.66. The SMILES string of the molecule is COc1ccccc1OCC(=O)NCCc1nc(-c2ccc(O)cc2)cs1. The van der Waals surface area contributed by atoms with E-state index in [1.165, 1.54) is 0 Å². The van der Waals surface area contributed by atoms with Crippen molar-refractivity contribution in [1.29, 1.82) is 0 Å². The summed E-state index contributed by atoms with van der Waals surface area (Å²) < 4.78 is 10.7. The largest absolute Gasteiger partial charge is 0.508 e. The molecule has 0 aliphatic rings. The minimum absolute atomic E-state index is 0.0724. The monoisotopic (exact) mass is 384 g/mol. The number of amides is 1. The molecule has 1 amide bonds. The number of phenols is 1. The summed E-state index contributed by atoms with van der Waals surface area (Å²) in [6.45, 7) is 0.410. The van der Waals surface area contributed by atoms with Crippen LogP contribution in [0.1, 0.15) is 5.01 Å². The first kappa shape index (κ1) is 18.7. The van der Waals surface area contributed by atoms with Gasteiger partial charge in [0, 0.05) is 23.9 Å². The Balaban J connectivity index is 1.44. The lowest BCUT2D eigenvalue weighted by atomic mass is 10.2. The average molecular weight is 384 g/mol. The second-order valence-electron chi connectivity index (χ2n) is 5.71. The van der Waals surface area contributed by atoms with E-state index < -0.39 is 0 Å². The first-order valence-corrected chi connectivity index (χ1v) is 9.30. The van der Waals surface area contributed by atoms with Crippen molar-refractivity contribution in [3.05, 3.63) is 58.9 Å². The van der Waals surface area contributed by atoms with E-state index in [9.17, 15) is 9.90 Å². The first-order valence-electron chi connectivity index (χ1n) is 8.42. The molecule has 140 valence electrons. The number of hydrogen-bond acceptors (Lipinski definition) is 6. The van der Waals surface area contributed by atoms with Gasteiger partial charge >= 0.3 is 0 Å². The Morgan fingerprint density at radius 3 is 2.63 bits per heavy atom. The third-order valence-electron chi connectivity index (χ3n) is 3.80. The van der Waals surface area contributed by atoms with Crippen LogP contribution < -0.4 is 14.8 Å². The topological polar surface area (TPSA) is 80.7 Å². The van der Waals surface area contributed by atoms with Crippen LogP contribution in [0.4, 0.5) is 0 Å². The molecule has 0 atom stereocenters. The number of ether oxygens (including phenoxy) is 2. The molecule has 0 aliphatic carbocycles. The number of rotatable bonds is 8. The Morgan fingerprint density at radius 1 is 1.15 bits per heavy atom. The van der Waals surface area contributed by atoms with Crippen LogP contribution in [0.3, 0.4) is 0 Å². The number of para-hydroxylation sites is 2. The number of methoxy groups -OCH3 is 1. The van der Waals surface area contributed by atoms with Crippen LogP contribution in [-0.4, -0.2) is 36.3 Å². The molecule has 0 saturated heterocycles. The second kappa shape index (κ2) is 9.05. The molecule has 0 aliphatic heterocycles. The molecule has 3 aromatic rings. The van der Waals surface area contributed by atoms with Crippen LogP contribution in [0.25, 0.3) is 11.3 Å². The highest BCUT2D eigenvalue weighted by molar-refractivity contribution is 7.09. The molecule has 27 heavy (non-hydrogen) atoms. The Labute approximate surface area is 161 Å². The zero-order valence-electron chi connectivity index (χ0n) is 14.8. The van der Waals surface area contributed by atoms with Crippen LogP contribution >= 0.6 is 11.3 Å². The molecule has 1 aromatic heterocycles. The predicted octanol–water partition coefficient (Wildman–Crippen LogP) is 3.26. The van der Waals surface area contributed by atoms with Gasteiger partial charge in [0.15, 0.2) is 18.1 Å². The van der Waals surface area contributed by atoms with Gasteiger partial charge in [0.05, 0.1) is 17.8 Å². The fourth-order valence-corrected chi connectivity index (χ4v) is 3.24. The van der Waals surface area contributed by atoms with Gasteiger partial charge < -0.3 is 19.9 Å². The maximum absolute atomic E-state index is 11.9. The van der Waals surface area contributed by atoms with Crippen LogP contribution in [0, 0.1) is 0 Å². The van der Waals surface area contributed by atoms with E-state index in [-0.39, 0.29) is 18.3 Å². The summed E-state index contributed by atoms with van der Waals surface area (Å²) in [4.78, 5) is 16.5. The molecule has 7 heteroatoms. The highest BCUT2D eigenvalue weighted by atomic mass is 32.1. The number of carbonyl (C=O) groups is 1. The standard InChI is InChI=1S/C20H20N2O4S/c1-25-17-4-2-3-5-18(17)26-12-19(24)21-11-10-20-22-16(13-27-20)14-6-8-15(23)9-7-14/h2-9,13,23H,10-12H2,1H3,(H,21,24). The summed E-state index contributed by atoms with van der Waals surface area (Å²) >= 11 is 1.54. The van der Waals surface area contributed by atoms with Crippen molar-refractivity contribution in [2.75, 3.05) is 20.3 Å². The van der Waals surface area contributed by atoms with Crippen molar-refractivity contribution in [1.82, 2.24) is 10.3 Å². The fraction of sp³-hybridized carbons (Fsp3) is 0.200. The van der Waals surface area contributed by atoms with Crippen LogP contribution in [0.15, 0.2) is 53.9 Å². The van der Waals surface area contributed by atoms with E-state index in [4.69, 9.17) is 9.47 Å². The van der Waals surface area contributed by atoms with E-state index >= 15 is 0 Å². The van der Waals surface area contributed by atoms with Gasteiger partial charge in [-0.15, -0.1) is 11.3 Å². The number of hydrogen-bond donors (Lipinski definition) is 2. The highest BCUT2D eigenvalue weighted by Crippen LogP contribution is 2.25. The Morgan fingerprint density at radius 2 is 1.89 bits per heavy atom. The van der Waals surface area contributed by atoms with Gasteiger partial charge in [-0.2, -0.15) is 0 Å². The number of nitrogens with one attached hydrogen (secondary N) is 1. The predicted molar refractivity (Wildman–Crippen MR) is 104 cm³/mol. The maximum Gasteiger partial charge on any atom is 0.257 e. The molecule has 0 unspecified atom stereocenters. The summed E-state index contributed by atoms with van der Waals surface area (Å²) in [5.41, 5.74) is 1.81. The molecule has 1 heterocycles. The van der Waals surface area contributed by atoms with Crippen molar-refractivity contribution < 1.29 is 19.4 Å². The minimum Gasteiger partial charge on any atom is -0.508 e. The van der Waals surface area contributed by atoms with Crippen molar-refractivity contribution in [3.63, 3.8) is 0 Å².